The van der Waals surface area contributed by atoms with Gasteiger partial charge in [-0.05, 0) is 13.5 Å². The first-order valence-corrected chi connectivity index (χ1v) is 6.34. The molecule has 1 aliphatic heterocycles. The Balaban J connectivity index is 2.51. The highest BCUT2D eigenvalue weighted by Gasteiger charge is 2.30. The quantitative estimate of drug-likeness (QED) is 0.712. The van der Waals surface area contributed by atoms with Crippen LogP contribution in [0.2, 0.25) is 0 Å². The molecule has 0 saturated carbocycles. The number of sulfone groups is 1. The summed E-state index contributed by atoms with van der Waals surface area (Å²) in [6.07, 6.45) is 0.711. The van der Waals surface area contributed by atoms with Crippen LogP contribution in [0.5, 0.6) is 0 Å². The predicted octanol–water partition coefficient (Wildman–Crippen LogP) is 0.858. The molecular formula is C8H14ClNO2S. The second-order valence-corrected chi connectivity index (χ2v) is 6.25. The van der Waals surface area contributed by atoms with Crippen LogP contribution in [0.4, 0.5) is 0 Å². The van der Waals surface area contributed by atoms with Gasteiger partial charge < -0.3 is 0 Å². The van der Waals surface area contributed by atoms with Gasteiger partial charge in [-0.2, -0.15) is 0 Å². The Labute approximate surface area is 84.3 Å². The van der Waals surface area contributed by atoms with Gasteiger partial charge in [-0.1, -0.05) is 18.2 Å². The molecular weight excluding hydrogens is 210 g/mol. The Morgan fingerprint density at radius 2 is 2.31 bits per heavy atom. The van der Waals surface area contributed by atoms with Gasteiger partial charge in [0.15, 0.2) is 9.84 Å². The van der Waals surface area contributed by atoms with E-state index in [0.717, 1.165) is 0 Å². The smallest absolute Gasteiger partial charge is 0.151 e. The first kappa shape index (κ1) is 11.0. The molecule has 1 aliphatic rings. The zero-order valence-electron chi connectivity index (χ0n) is 7.66. The summed E-state index contributed by atoms with van der Waals surface area (Å²) >= 11 is 5.64. The molecule has 76 valence electrons. The number of rotatable bonds is 3. The lowest BCUT2D eigenvalue weighted by molar-refractivity contribution is 0.287. The molecule has 0 aromatic carbocycles. The van der Waals surface area contributed by atoms with Gasteiger partial charge in [-0.25, -0.2) is 8.42 Å². The first-order valence-electron chi connectivity index (χ1n) is 4.14. The van der Waals surface area contributed by atoms with E-state index in [-0.39, 0.29) is 11.8 Å². The number of likely N-dealkylation sites (N-methyl/N-ethyl adjacent to an activating group) is 1. The summed E-state index contributed by atoms with van der Waals surface area (Å²) in [5.41, 5.74) is 0. The van der Waals surface area contributed by atoms with Gasteiger partial charge in [0.05, 0.1) is 11.5 Å². The maximum atomic E-state index is 11.1. The molecule has 0 radical (unpaired) electrons. The SMILES string of the molecule is C=C(Cl)CN(C)C1CCS(=O)(=O)C1. The van der Waals surface area contributed by atoms with Gasteiger partial charge >= 0.3 is 0 Å². The van der Waals surface area contributed by atoms with Crippen molar-refractivity contribution in [3.63, 3.8) is 0 Å². The van der Waals surface area contributed by atoms with Crippen LogP contribution in [0.25, 0.3) is 0 Å². The van der Waals surface area contributed by atoms with E-state index in [1.165, 1.54) is 0 Å². The van der Waals surface area contributed by atoms with Crippen LogP contribution in [0.1, 0.15) is 6.42 Å². The lowest BCUT2D eigenvalue weighted by Crippen LogP contribution is -2.33. The maximum absolute atomic E-state index is 11.1. The highest BCUT2D eigenvalue weighted by molar-refractivity contribution is 7.91. The summed E-state index contributed by atoms with van der Waals surface area (Å²) in [6.45, 7) is 4.13. The van der Waals surface area contributed by atoms with E-state index in [1.54, 1.807) is 0 Å². The van der Waals surface area contributed by atoms with Crippen LogP contribution in [0.3, 0.4) is 0 Å². The van der Waals surface area contributed by atoms with Gasteiger partial charge in [-0.15, -0.1) is 0 Å². The average Bonchev–Trinajstić information content (AvgIpc) is 2.28. The second kappa shape index (κ2) is 3.98. The highest BCUT2D eigenvalue weighted by atomic mass is 35.5. The summed E-state index contributed by atoms with van der Waals surface area (Å²) in [6, 6.07) is 0.112. The van der Waals surface area contributed by atoms with Gasteiger partial charge in [0.1, 0.15) is 0 Å². The molecule has 1 heterocycles. The minimum Gasteiger partial charge on any atom is -0.297 e. The van der Waals surface area contributed by atoms with Crippen LogP contribution in [-0.2, 0) is 9.84 Å². The van der Waals surface area contributed by atoms with E-state index in [2.05, 4.69) is 6.58 Å². The fourth-order valence-electron chi connectivity index (χ4n) is 1.52. The van der Waals surface area contributed by atoms with Crippen molar-refractivity contribution in [2.45, 2.75) is 12.5 Å². The number of hydrogen-bond acceptors (Lipinski definition) is 3. The molecule has 0 aromatic rings. The largest absolute Gasteiger partial charge is 0.297 e. The van der Waals surface area contributed by atoms with E-state index in [9.17, 15) is 8.42 Å². The Bertz CT molecular complexity index is 299. The summed E-state index contributed by atoms with van der Waals surface area (Å²) in [7, 11) is -0.917. The van der Waals surface area contributed by atoms with Gasteiger partial charge in [0, 0.05) is 17.6 Å². The Morgan fingerprint density at radius 1 is 1.69 bits per heavy atom. The molecule has 1 atom stereocenters. The third kappa shape index (κ3) is 3.29. The van der Waals surface area contributed by atoms with Crippen molar-refractivity contribution in [3.05, 3.63) is 11.6 Å². The molecule has 0 spiro atoms. The van der Waals surface area contributed by atoms with Gasteiger partial charge in [-0.3, -0.25) is 4.90 Å². The topological polar surface area (TPSA) is 37.4 Å². The molecule has 13 heavy (non-hydrogen) atoms. The lowest BCUT2D eigenvalue weighted by atomic mass is 10.2. The second-order valence-electron chi connectivity index (χ2n) is 3.49. The highest BCUT2D eigenvalue weighted by Crippen LogP contribution is 2.17. The van der Waals surface area contributed by atoms with E-state index >= 15 is 0 Å². The van der Waals surface area contributed by atoms with Gasteiger partial charge in [0.2, 0.25) is 0 Å². The summed E-state index contributed by atoms with van der Waals surface area (Å²) < 4.78 is 22.3. The van der Waals surface area contributed by atoms with E-state index < -0.39 is 9.84 Å². The molecule has 1 unspecified atom stereocenters. The predicted molar refractivity (Wildman–Crippen MR) is 54.7 cm³/mol. The molecule has 0 bridgehead atoms. The molecule has 5 heteroatoms. The molecule has 1 fully saturated rings. The third-order valence-electron chi connectivity index (χ3n) is 2.25. The average molecular weight is 224 g/mol. The van der Waals surface area contributed by atoms with E-state index in [1.807, 2.05) is 11.9 Å². The van der Waals surface area contributed by atoms with E-state index in [0.29, 0.717) is 23.8 Å². The fourth-order valence-corrected chi connectivity index (χ4v) is 3.52. The molecule has 0 aliphatic carbocycles. The van der Waals surface area contributed by atoms with Crippen molar-refractivity contribution >= 4 is 21.4 Å². The molecule has 0 N–H and O–H groups in total. The van der Waals surface area contributed by atoms with E-state index in [4.69, 9.17) is 11.6 Å². The summed E-state index contributed by atoms with van der Waals surface area (Å²) in [5.74, 6) is 0.560. The third-order valence-corrected chi connectivity index (χ3v) is 4.12. The van der Waals surface area contributed by atoms with Crippen molar-refractivity contribution in [1.82, 2.24) is 4.90 Å². The molecule has 0 amide bonds. The molecule has 0 aromatic heterocycles. The Kier molecular flexibility index (Phi) is 3.38. The van der Waals surface area contributed by atoms with Crippen molar-refractivity contribution in [2.75, 3.05) is 25.1 Å². The Morgan fingerprint density at radius 3 is 2.69 bits per heavy atom. The standard InChI is InChI=1S/C8H14ClNO2S/c1-7(9)5-10(2)8-3-4-13(11,12)6-8/h8H,1,3-6H2,2H3. The fraction of sp³-hybridized carbons (Fsp3) is 0.750. The Hall–Kier alpha value is -0.0600. The summed E-state index contributed by atoms with van der Waals surface area (Å²) in [5, 5.41) is 0.548. The van der Waals surface area contributed by atoms with Gasteiger partial charge in [0.25, 0.3) is 0 Å². The molecule has 1 saturated heterocycles. The lowest BCUT2D eigenvalue weighted by Gasteiger charge is -2.21. The monoisotopic (exact) mass is 223 g/mol. The van der Waals surface area contributed by atoms with Crippen LogP contribution >= 0.6 is 11.6 Å². The van der Waals surface area contributed by atoms with Crippen LogP contribution < -0.4 is 0 Å². The zero-order valence-corrected chi connectivity index (χ0v) is 9.24. The van der Waals surface area contributed by atoms with Crippen LogP contribution in [0.15, 0.2) is 11.6 Å². The minimum absolute atomic E-state index is 0.112. The maximum Gasteiger partial charge on any atom is 0.151 e. The number of hydrogen-bond donors (Lipinski definition) is 0. The number of nitrogens with zero attached hydrogens (tertiary/aromatic N) is 1. The summed E-state index contributed by atoms with van der Waals surface area (Å²) in [4.78, 5) is 1.94. The minimum atomic E-state index is -2.79. The normalized spacial score (nSPS) is 26.5. The first-order chi connectivity index (χ1) is 5.91. The van der Waals surface area contributed by atoms with Crippen molar-refractivity contribution in [2.24, 2.45) is 0 Å². The molecule has 1 rings (SSSR count). The number of halogens is 1. The zero-order chi connectivity index (χ0) is 10.1. The van der Waals surface area contributed by atoms with Crippen molar-refractivity contribution in [1.29, 1.82) is 0 Å². The van der Waals surface area contributed by atoms with Crippen molar-refractivity contribution in [3.8, 4) is 0 Å². The van der Waals surface area contributed by atoms with Crippen LogP contribution in [-0.4, -0.2) is 44.5 Å². The molecule has 3 nitrogen and oxygen atoms in total. The van der Waals surface area contributed by atoms with Crippen LogP contribution in [0, 0.1) is 0 Å². The van der Waals surface area contributed by atoms with Crippen molar-refractivity contribution < 1.29 is 8.42 Å².